The van der Waals surface area contributed by atoms with Gasteiger partial charge in [-0.3, -0.25) is 4.79 Å². The molecule has 1 amide bonds. The van der Waals surface area contributed by atoms with Crippen molar-refractivity contribution in [2.45, 2.75) is 19.4 Å². The fourth-order valence-corrected chi connectivity index (χ4v) is 2.88. The number of phenolic OH excluding ortho intramolecular Hbond substituents is 1. The van der Waals surface area contributed by atoms with Crippen molar-refractivity contribution in [1.29, 1.82) is 0 Å². The van der Waals surface area contributed by atoms with Gasteiger partial charge in [-0.2, -0.15) is 5.10 Å². The van der Waals surface area contributed by atoms with E-state index in [4.69, 9.17) is 10.5 Å². The largest absolute Gasteiger partial charge is 0.503 e. The van der Waals surface area contributed by atoms with Crippen LogP contribution in [0, 0.1) is 5.82 Å². The van der Waals surface area contributed by atoms with Gasteiger partial charge >= 0.3 is 0 Å². The highest BCUT2D eigenvalue weighted by molar-refractivity contribution is 6.03. The van der Waals surface area contributed by atoms with Crippen LogP contribution in [-0.2, 0) is 4.79 Å². The summed E-state index contributed by atoms with van der Waals surface area (Å²) in [5.74, 6) is -0.474. The lowest BCUT2D eigenvalue weighted by molar-refractivity contribution is -0.130. The molecule has 0 fully saturated rings. The molecule has 2 aromatic carbocycles. The first-order valence-corrected chi connectivity index (χ1v) is 7.70. The van der Waals surface area contributed by atoms with Crippen molar-refractivity contribution in [3.8, 4) is 11.5 Å². The Morgan fingerprint density at radius 2 is 2.04 bits per heavy atom. The summed E-state index contributed by atoms with van der Waals surface area (Å²) in [7, 11) is 1.43. The second-order valence-electron chi connectivity index (χ2n) is 5.80. The molecule has 7 heteroatoms. The zero-order chi connectivity index (χ0) is 18.1. The second-order valence-corrected chi connectivity index (χ2v) is 5.80. The van der Waals surface area contributed by atoms with Crippen LogP contribution in [0.25, 0.3) is 0 Å². The number of anilines is 1. The van der Waals surface area contributed by atoms with E-state index in [1.54, 1.807) is 24.3 Å². The number of hydrogen-bond acceptors (Lipinski definition) is 5. The van der Waals surface area contributed by atoms with E-state index < -0.39 is 0 Å². The van der Waals surface area contributed by atoms with Crippen molar-refractivity contribution < 1.29 is 19.0 Å². The molecule has 1 aliphatic rings. The van der Waals surface area contributed by atoms with Gasteiger partial charge in [0.25, 0.3) is 0 Å². The minimum Gasteiger partial charge on any atom is -0.503 e. The number of nitrogens with zero attached hydrogens (tertiary/aromatic N) is 2. The maximum Gasteiger partial charge on any atom is 0.240 e. The van der Waals surface area contributed by atoms with Gasteiger partial charge in [0.1, 0.15) is 5.82 Å². The van der Waals surface area contributed by atoms with Crippen molar-refractivity contribution in [2.24, 2.45) is 5.10 Å². The normalized spacial score (nSPS) is 16.7. The predicted octanol–water partition coefficient (Wildman–Crippen LogP) is 2.82. The fourth-order valence-electron chi connectivity index (χ4n) is 2.88. The molecule has 0 spiro atoms. The first kappa shape index (κ1) is 16.8. The number of hydrazone groups is 1. The fraction of sp³-hybridized carbons (Fsp3) is 0.222. The van der Waals surface area contributed by atoms with E-state index in [2.05, 4.69) is 5.10 Å². The van der Waals surface area contributed by atoms with Gasteiger partial charge in [-0.1, -0.05) is 12.1 Å². The van der Waals surface area contributed by atoms with Crippen LogP contribution in [0.5, 0.6) is 11.5 Å². The molecule has 0 saturated heterocycles. The van der Waals surface area contributed by atoms with E-state index in [-0.39, 0.29) is 35.0 Å². The zero-order valence-electron chi connectivity index (χ0n) is 13.9. The van der Waals surface area contributed by atoms with Gasteiger partial charge in [0.15, 0.2) is 11.5 Å². The molecule has 3 rings (SSSR count). The van der Waals surface area contributed by atoms with Crippen LogP contribution in [0.2, 0.25) is 0 Å². The molecule has 1 unspecified atom stereocenters. The summed E-state index contributed by atoms with van der Waals surface area (Å²) in [4.78, 5) is 12.0. The highest BCUT2D eigenvalue weighted by Gasteiger charge is 2.32. The summed E-state index contributed by atoms with van der Waals surface area (Å²) in [6, 6.07) is 8.81. The Labute approximate surface area is 144 Å². The molecule has 6 nitrogen and oxygen atoms in total. The van der Waals surface area contributed by atoms with Crippen LogP contribution in [0.1, 0.15) is 30.5 Å². The van der Waals surface area contributed by atoms with Crippen LogP contribution >= 0.6 is 0 Å². The zero-order valence-corrected chi connectivity index (χ0v) is 13.9. The highest BCUT2D eigenvalue weighted by Crippen LogP contribution is 2.40. The first-order chi connectivity index (χ1) is 11.9. The smallest absolute Gasteiger partial charge is 0.240 e. The van der Waals surface area contributed by atoms with Gasteiger partial charge < -0.3 is 15.6 Å². The van der Waals surface area contributed by atoms with Crippen molar-refractivity contribution >= 4 is 17.3 Å². The number of methoxy groups -OCH3 is 1. The molecule has 1 atom stereocenters. The lowest BCUT2D eigenvalue weighted by Gasteiger charge is -2.21. The SMILES string of the molecule is COc1cc(C2CC(c3ccc(F)cc3)=NN2C(C)=O)cc(N)c1O. The van der Waals surface area contributed by atoms with Crippen molar-refractivity contribution in [1.82, 2.24) is 5.01 Å². The number of aromatic hydroxyl groups is 1. The van der Waals surface area contributed by atoms with E-state index in [0.717, 1.165) is 5.56 Å². The molecule has 25 heavy (non-hydrogen) atoms. The van der Waals surface area contributed by atoms with Crippen LogP contribution in [-0.4, -0.2) is 28.8 Å². The summed E-state index contributed by atoms with van der Waals surface area (Å²) >= 11 is 0. The van der Waals surface area contributed by atoms with Gasteiger partial charge in [-0.05, 0) is 35.4 Å². The highest BCUT2D eigenvalue weighted by atomic mass is 19.1. The number of rotatable bonds is 3. The maximum absolute atomic E-state index is 13.1. The molecule has 1 aliphatic heterocycles. The Morgan fingerprint density at radius 1 is 1.36 bits per heavy atom. The summed E-state index contributed by atoms with van der Waals surface area (Å²) in [6.45, 7) is 1.42. The topological polar surface area (TPSA) is 88.2 Å². The summed E-state index contributed by atoms with van der Waals surface area (Å²) in [6.07, 6.45) is 0.443. The Balaban J connectivity index is 1.99. The molecule has 3 N–H and O–H groups in total. The Hall–Kier alpha value is -3.09. The number of carbonyl (C=O) groups excluding carboxylic acids is 1. The summed E-state index contributed by atoms with van der Waals surface area (Å²) < 4.78 is 18.3. The number of nitrogens with two attached hydrogens (primary N) is 1. The van der Waals surface area contributed by atoms with Crippen molar-refractivity contribution in [2.75, 3.05) is 12.8 Å². The summed E-state index contributed by atoms with van der Waals surface area (Å²) in [5, 5.41) is 15.7. The molecule has 0 saturated carbocycles. The molecule has 1 heterocycles. The van der Waals surface area contributed by atoms with Crippen molar-refractivity contribution in [3.05, 3.63) is 53.3 Å². The van der Waals surface area contributed by atoms with Crippen LogP contribution in [0.3, 0.4) is 0 Å². The van der Waals surface area contributed by atoms with Crippen LogP contribution in [0.4, 0.5) is 10.1 Å². The third kappa shape index (κ3) is 3.13. The quantitative estimate of drug-likeness (QED) is 0.662. The number of hydrogen-bond donors (Lipinski definition) is 2. The number of phenols is 1. The third-order valence-electron chi connectivity index (χ3n) is 4.14. The lowest BCUT2D eigenvalue weighted by Crippen LogP contribution is -2.24. The number of nitrogen functional groups attached to an aromatic ring is 1. The van der Waals surface area contributed by atoms with Gasteiger partial charge in [0.05, 0.1) is 24.6 Å². The van der Waals surface area contributed by atoms with Gasteiger partial charge in [-0.15, -0.1) is 0 Å². The molecular formula is C18H18FN3O3. The molecule has 0 aliphatic carbocycles. The number of benzene rings is 2. The minimum absolute atomic E-state index is 0.140. The minimum atomic E-state index is -0.380. The molecule has 2 aromatic rings. The third-order valence-corrected chi connectivity index (χ3v) is 4.14. The number of ether oxygens (including phenoxy) is 1. The average molecular weight is 343 g/mol. The number of halogens is 1. The van der Waals surface area contributed by atoms with E-state index in [1.807, 2.05) is 0 Å². The molecule has 0 aromatic heterocycles. The lowest BCUT2D eigenvalue weighted by atomic mass is 9.97. The molecular weight excluding hydrogens is 325 g/mol. The summed E-state index contributed by atoms with van der Waals surface area (Å²) in [5.41, 5.74) is 8.11. The van der Waals surface area contributed by atoms with E-state index >= 15 is 0 Å². The van der Waals surface area contributed by atoms with E-state index in [9.17, 15) is 14.3 Å². The maximum atomic E-state index is 13.1. The molecule has 130 valence electrons. The monoisotopic (exact) mass is 343 g/mol. The number of amides is 1. The standard InChI is InChI=1S/C18H18FN3O3/c1-10(23)22-16(12-7-14(20)18(24)17(8-12)25-2)9-15(21-22)11-3-5-13(19)6-4-11/h3-8,16,24H,9,20H2,1-2H3. The Morgan fingerprint density at radius 3 is 2.64 bits per heavy atom. The van der Waals surface area contributed by atoms with Gasteiger partial charge in [0, 0.05) is 13.3 Å². The second kappa shape index (κ2) is 6.43. The van der Waals surface area contributed by atoms with Crippen LogP contribution in [0.15, 0.2) is 41.5 Å². The first-order valence-electron chi connectivity index (χ1n) is 7.70. The number of carbonyl (C=O) groups is 1. The molecule has 0 radical (unpaired) electrons. The van der Waals surface area contributed by atoms with Crippen LogP contribution < -0.4 is 10.5 Å². The van der Waals surface area contributed by atoms with Gasteiger partial charge in [0.2, 0.25) is 5.91 Å². The Bertz CT molecular complexity index is 849. The van der Waals surface area contributed by atoms with Gasteiger partial charge in [-0.25, -0.2) is 9.40 Å². The van der Waals surface area contributed by atoms with E-state index in [1.165, 1.54) is 31.2 Å². The van der Waals surface area contributed by atoms with E-state index in [0.29, 0.717) is 17.7 Å². The Kier molecular flexibility index (Phi) is 4.31. The average Bonchev–Trinajstić information content (AvgIpc) is 3.03. The van der Waals surface area contributed by atoms with Crippen molar-refractivity contribution in [3.63, 3.8) is 0 Å². The predicted molar refractivity (Wildman–Crippen MR) is 91.9 cm³/mol. The molecule has 0 bridgehead atoms.